The highest BCUT2D eigenvalue weighted by Crippen LogP contribution is 2.27. The zero-order valence-corrected chi connectivity index (χ0v) is 15.8. The van der Waals surface area contributed by atoms with Crippen LogP contribution in [0.15, 0.2) is 89.9 Å². The number of hydrogen-bond acceptors (Lipinski definition) is 2. The highest BCUT2D eigenvalue weighted by Gasteiger charge is 2.10. The van der Waals surface area contributed by atoms with Crippen LogP contribution in [0.2, 0.25) is 10.0 Å². The van der Waals surface area contributed by atoms with E-state index in [1.807, 2.05) is 89.6 Å². The minimum atomic E-state index is 0.697. The molecule has 0 N–H and O–H groups in total. The summed E-state index contributed by atoms with van der Waals surface area (Å²) < 4.78 is 1.83. The van der Waals surface area contributed by atoms with Crippen LogP contribution in [-0.2, 0) is 0 Å². The minimum absolute atomic E-state index is 0.697. The van der Waals surface area contributed by atoms with Crippen molar-refractivity contribution in [2.75, 3.05) is 0 Å². The van der Waals surface area contributed by atoms with Gasteiger partial charge in [-0.05, 0) is 42.0 Å². The van der Waals surface area contributed by atoms with Gasteiger partial charge in [0.05, 0.1) is 11.4 Å². The first-order valence-electron chi connectivity index (χ1n) is 8.40. The molecule has 0 unspecified atom stereocenters. The number of halogens is 2. The summed E-state index contributed by atoms with van der Waals surface area (Å²) in [4.78, 5) is 4.65. The van der Waals surface area contributed by atoms with E-state index in [4.69, 9.17) is 28.3 Å². The molecule has 0 spiro atoms. The molecule has 0 atom stereocenters. The van der Waals surface area contributed by atoms with Gasteiger partial charge >= 0.3 is 0 Å². The first-order valence-corrected chi connectivity index (χ1v) is 9.16. The molecule has 5 heteroatoms. The first-order chi connectivity index (χ1) is 13.2. The molecule has 1 heterocycles. The molecule has 1 aromatic heterocycles. The van der Waals surface area contributed by atoms with Gasteiger partial charge in [-0.2, -0.15) is 5.10 Å². The Bertz CT molecular complexity index is 1070. The quantitative estimate of drug-likeness (QED) is 0.360. The highest BCUT2D eigenvalue weighted by atomic mass is 35.5. The smallest absolute Gasteiger partial charge is 0.156 e. The molecular weight excluding hydrogens is 377 g/mol. The summed E-state index contributed by atoms with van der Waals surface area (Å²) in [7, 11) is 0. The van der Waals surface area contributed by atoms with Gasteiger partial charge in [0.15, 0.2) is 5.82 Å². The summed E-state index contributed by atoms with van der Waals surface area (Å²) in [5.41, 5.74) is 3.73. The van der Waals surface area contributed by atoms with Gasteiger partial charge in [0, 0.05) is 27.9 Å². The van der Waals surface area contributed by atoms with Gasteiger partial charge in [0.2, 0.25) is 0 Å². The fraction of sp³-hybridized carbons (Fsp3) is 0. The van der Waals surface area contributed by atoms with Crippen LogP contribution in [0.25, 0.3) is 16.9 Å². The van der Waals surface area contributed by atoms with Gasteiger partial charge < -0.3 is 0 Å². The molecule has 27 heavy (non-hydrogen) atoms. The third kappa shape index (κ3) is 4.11. The van der Waals surface area contributed by atoms with Crippen molar-refractivity contribution >= 4 is 35.2 Å². The van der Waals surface area contributed by atoms with Gasteiger partial charge in [-0.25, -0.2) is 9.67 Å². The van der Waals surface area contributed by atoms with Gasteiger partial charge in [-0.3, -0.25) is 0 Å². The van der Waals surface area contributed by atoms with Crippen molar-refractivity contribution in [2.24, 2.45) is 4.99 Å². The summed E-state index contributed by atoms with van der Waals surface area (Å²) >= 11 is 11.9. The van der Waals surface area contributed by atoms with Crippen molar-refractivity contribution in [3.05, 3.63) is 101 Å². The topological polar surface area (TPSA) is 30.2 Å². The second kappa shape index (κ2) is 7.78. The van der Waals surface area contributed by atoms with Gasteiger partial charge in [-0.1, -0.05) is 65.7 Å². The lowest BCUT2D eigenvalue weighted by Crippen LogP contribution is -1.96. The molecule has 132 valence electrons. The van der Waals surface area contributed by atoms with E-state index < -0.39 is 0 Å². The predicted molar refractivity (Wildman–Crippen MR) is 113 cm³/mol. The van der Waals surface area contributed by atoms with Crippen LogP contribution in [0.5, 0.6) is 0 Å². The van der Waals surface area contributed by atoms with E-state index in [-0.39, 0.29) is 0 Å². The number of para-hydroxylation sites is 1. The Morgan fingerprint density at radius 2 is 1.41 bits per heavy atom. The molecule has 3 nitrogen and oxygen atoms in total. The summed E-state index contributed by atoms with van der Waals surface area (Å²) in [6.45, 7) is 0. The lowest BCUT2D eigenvalue weighted by molar-refractivity contribution is 0.885. The van der Waals surface area contributed by atoms with E-state index in [0.717, 1.165) is 28.3 Å². The fourth-order valence-electron chi connectivity index (χ4n) is 2.67. The van der Waals surface area contributed by atoms with Gasteiger partial charge in [0.25, 0.3) is 0 Å². The number of benzene rings is 3. The molecule has 4 aromatic rings. The normalized spacial score (nSPS) is 11.2. The van der Waals surface area contributed by atoms with Crippen molar-refractivity contribution in [2.45, 2.75) is 0 Å². The average Bonchev–Trinajstić information content (AvgIpc) is 3.13. The molecule has 0 saturated carbocycles. The molecule has 0 aliphatic rings. The van der Waals surface area contributed by atoms with Crippen LogP contribution in [0.1, 0.15) is 5.56 Å². The zero-order valence-electron chi connectivity index (χ0n) is 14.3. The van der Waals surface area contributed by atoms with Crippen molar-refractivity contribution in [3.63, 3.8) is 0 Å². The summed E-state index contributed by atoms with van der Waals surface area (Å²) in [6.07, 6.45) is 1.80. The second-order valence-corrected chi connectivity index (χ2v) is 6.82. The first kappa shape index (κ1) is 17.5. The van der Waals surface area contributed by atoms with Crippen LogP contribution < -0.4 is 0 Å². The number of rotatable bonds is 4. The minimum Gasteiger partial charge on any atom is -0.236 e. The highest BCUT2D eigenvalue weighted by molar-refractivity contribution is 6.30. The van der Waals surface area contributed by atoms with E-state index in [0.29, 0.717) is 10.0 Å². The molecule has 0 aliphatic carbocycles. The number of aliphatic imine (C=N–C) groups is 1. The number of hydrogen-bond donors (Lipinski definition) is 0. The Balaban J connectivity index is 1.76. The third-order valence-corrected chi connectivity index (χ3v) is 4.55. The Morgan fingerprint density at radius 1 is 0.778 bits per heavy atom. The summed E-state index contributed by atoms with van der Waals surface area (Å²) in [5, 5.41) is 6.14. The van der Waals surface area contributed by atoms with Crippen LogP contribution >= 0.6 is 23.2 Å². The molecule has 3 aromatic carbocycles. The Morgan fingerprint density at radius 3 is 2.07 bits per heavy atom. The van der Waals surface area contributed by atoms with E-state index >= 15 is 0 Å². The zero-order chi connectivity index (χ0) is 18.6. The third-order valence-electron chi connectivity index (χ3n) is 4.05. The van der Waals surface area contributed by atoms with Crippen molar-refractivity contribution in [3.8, 4) is 16.9 Å². The molecule has 0 radical (unpaired) electrons. The van der Waals surface area contributed by atoms with E-state index in [1.54, 1.807) is 6.21 Å². The van der Waals surface area contributed by atoms with Crippen LogP contribution in [0.4, 0.5) is 5.82 Å². The Labute approximate surface area is 167 Å². The number of nitrogens with zero attached hydrogens (tertiary/aromatic N) is 3. The maximum Gasteiger partial charge on any atom is 0.156 e. The Hall–Kier alpha value is -2.88. The van der Waals surface area contributed by atoms with Crippen LogP contribution in [-0.4, -0.2) is 16.0 Å². The molecule has 0 bridgehead atoms. The molecule has 0 saturated heterocycles. The molecule has 0 fully saturated rings. The lowest BCUT2D eigenvalue weighted by atomic mass is 10.1. The molecule has 0 amide bonds. The van der Waals surface area contributed by atoms with E-state index in [9.17, 15) is 0 Å². The monoisotopic (exact) mass is 391 g/mol. The average molecular weight is 392 g/mol. The standard InChI is InChI=1S/C22H15Cl2N3/c23-18-10-6-16(7-11-18)15-25-22-14-21(17-8-12-19(24)13-9-17)26-27(22)20-4-2-1-3-5-20/h1-15H/b25-15+. The largest absolute Gasteiger partial charge is 0.236 e. The molecule has 0 aliphatic heterocycles. The van der Waals surface area contributed by atoms with E-state index in [1.165, 1.54) is 0 Å². The molecule has 4 rings (SSSR count). The predicted octanol–water partition coefficient (Wildman–Crippen LogP) is 6.60. The lowest BCUT2D eigenvalue weighted by Gasteiger charge is -2.03. The van der Waals surface area contributed by atoms with Crippen molar-refractivity contribution in [1.29, 1.82) is 0 Å². The van der Waals surface area contributed by atoms with Crippen LogP contribution in [0, 0.1) is 0 Å². The maximum absolute atomic E-state index is 6.00. The maximum atomic E-state index is 6.00. The fourth-order valence-corrected chi connectivity index (χ4v) is 2.93. The summed E-state index contributed by atoms with van der Waals surface area (Å²) in [5.74, 6) is 0.737. The molecular formula is C22H15Cl2N3. The van der Waals surface area contributed by atoms with Crippen LogP contribution in [0.3, 0.4) is 0 Å². The number of aromatic nitrogens is 2. The van der Waals surface area contributed by atoms with Crippen molar-refractivity contribution in [1.82, 2.24) is 9.78 Å². The van der Waals surface area contributed by atoms with Gasteiger partial charge in [-0.15, -0.1) is 0 Å². The van der Waals surface area contributed by atoms with Gasteiger partial charge in [0.1, 0.15) is 0 Å². The Kier molecular flexibility index (Phi) is 5.05. The SMILES string of the molecule is Clc1ccc(/C=N/c2cc(-c3ccc(Cl)cc3)nn2-c2ccccc2)cc1. The summed E-state index contributed by atoms with van der Waals surface area (Å²) in [6, 6.07) is 27.0. The van der Waals surface area contributed by atoms with E-state index in [2.05, 4.69) is 4.99 Å². The second-order valence-electron chi connectivity index (χ2n) is 5.95. The van der Waals surface area contributed by atoms with Crippen molar-refractivity contribution < 1.29 is 0 Å².